The van der Waals surface area contributed by atoms with Gasteiger partial charge in [0.15, 0.2) is 0 Å². The lowest BCUT2D eigenvalue weighted by molar-refractivity contribution is -0.124. The van der Waals surface area contributed by atoms with E-state index in [-0.39, 0.29) is 37.2 Å². The third-order valence-electron chi connectivity index (χ3n) is 4.20. The zero-order chi connectivity index (χ0) is 18.2. The van der Waals surface area contributed by atoms with Crippen LogP contribution in [0.1, 0.15) is 24.1 Å². The summed E-state index contributed by atoms with van der Waals surface area (Å²) < 4.78 is 0. The van der Waals surface area contributed by atoms with E-state index >= 15 is 0 Å². The average molecular weight is 464 g/mol. The molecule has 0 radical (unpaired) electrons. The van der Waals surface area contributed by atoms with Gasteiger partial charge in [-0.1, -0.05) is 0 Å². The summed E-state index contributed by atoms with van der Waals surface area (Å²) in [6.07, 6.45) is 11.8. The normalized spacial score (nSPS) is 16.1. The van der Waals surface area contributed by atoms with E-state index in [1.165, 1.54) is 23.2 Å². The van der Waals surface area contributed by atoms with Crippen LogP contribution < -0.4 is 10.8 Å². The molecule has 160 valence electrons. The Balaban J connectivity index is 0.00000261. The van der Waals surface area contributed by atoms with Gasteiger partial charge in [0.2, 0.25) is 0 Å². The summed E-state index contributed by atoms with van der Waals surface area (Å²) in [5.41, 5.74) is 3.34. The Morgan fingerprint density at radius 1 is 1.21 bits per heavy atom. The average Bonchev–Trinajstić information content (AvgIpc) is 2.68. The van der Waals surface area contributed by atoms with Crippen LogP contribution in [-0.4, -0.2) is 50.1 Å². The molecule has 1 atom stereocenters. The first-order valence-corrected chi connectivity index (χ1v) is 8.55. The van der Waals surface area contributed by atoms with Crippen LogP contribution in [0.3, 0.4) is 0 Å². The lowest BCUT2D eigenvalue weighted by Crippen LogP contribution is -2.41. The Hall–Kier alpha value is -1.97. The number of halogens is 3. The molecule has 0 saturated carbocycles. The highest BCUT2D eigenvalue weighted by molar-refractivity contribution is 5.90. The highest BCUT2D eigenvalue weighted by Crippen LogP contribution is 2.16. The van der Waals surface area contributed by atoms with Crippen LogP contribution in [-0.2, 0) is 11.3 Å². The topological polar surface area (TPSA) is 103 Å². The summed E-state index contributed by atoms with van der Waals surface area (Å²) in [5.74, 6) is 0.106. The monoisotopic (exact) mass is 462 g/mol. The molecule has 1 saturated heterocycles. The molecule has 1 amide bonds. The number of aromatic nitrogens is 3. The van der Waals surface area contributed by atoms with Gasteiger partial charge in [-0.15, -0.1) is 37.2 Å². The minimum atomic E-state index is -0.606. The molecule has 11 heteroatoms. The number of nitrogens with one attached hydrogen (secondary N) is 2. The first-order chi connectivity index (χ1) is 12.7. The fourth-order valence-electron chi connectivity index (χ4n) is 2.97. The van der Waals surface area contributed by atoms with E-state index in [1.54, 1.807) is 12.4 Å². The summed E-state index contributed by atoms with van der Waals surface area (Å²) in [6, 6.07) is 4.42. The number of likely N-dealkylation sites (tertiary alicyclic amines) is 1. The molecule has 29 heavy (non-hydrogen) atoms. The minimum Gasteiger partial charge on any atom is -0.365 e. The van der Waals surface area contributed by atoms with Gasteiger partial charge in [-0.05, 0) is 43.2 Å². The van der Waals surface area contributed by atoms with E-state index in [9.17, 15) is 4.79 Å². The number of hydrogen-bond donors (Lipinski definition) is 3. The zero-order valence-corrected chi connectivity index (χ0v) is 18.1. The van der Waals surface area contributed by atoms with E-state index < -0.39 is 5.91 Å². The summed E-state index contributed by atoms with van der Waals surface area (Å²) in [7, 11) is 0. The molecule has 1 fully saturated rings. The molecule has 0 aliphatic carbocycles. The van der Waals surface area contributed by atoms with Crippen LogP contribution in [0.4, 0.5) is 5.82 Å². The maximum Gasteiger partial charge on any atom is 0.267 e. The van der Waals surface area contributed by atoms with Crippen molar-refractivity contribution < 1.29 is 10.0 Å². The van der Waals surface area contributed by atoms with Crippen molar-refractivity contribution >= 4 is 55.0 Å². The molecule has 3 rings (SSSR count). The number of nitrogens with zero attached hydrogens (tertiary/aromatic N) is 4. The molecule has 0 aromatic carbocycles. The van der Waals surface area contributed by atoms with Gasteiger partial charge in [0.25, 0.3) is 5.91 Å². The maximum absolute atomic E-state index is 11.0. The van der Waals surface area contributed by atoms with Gasteiger partial charge in [-0.2, -0.15) is 0 Å². The first-order valence-electron chi connectivity index (χ1n) is 8.55. The molecule has 3 heterocycles. The van der Waals surface area contributed by atoms with Crippen molar-refractivity contribution in [2.24, 2.45) is 0 Å². The number of hydrogen-bond acceptors (Lipinski definition) is 7. The highest BCUT2D eigenvalue weighted by atomic mass is 35.5. The quantitative estimate of drug-likeness (QED) is 0.344. The lowest BCUT2D eigenvalue weighted by atomic mass is 10.0. The molecule has 2 aromatic heterocycles. The standard InChI is InChI=1S/C18H22N6O2.3ClH/c25-18(23-26)4-3-15-10-21-17(11-20-15)22-16-2-1-9-24(13-16)12-14-5-7-19-8-6-14;;;/h3-8,10-11,16,26H,1-2,9,12-13H2,(H,21,22)(H,23,25);3*1H/b4-3+;;;. The van der Waals surface area contributed by atoms with Crippen LogP contribution in [0.5, 0.6) is 0 Å². The molecule has 2 aromatic rings. The van der Waals surface area contributed by atoms with Crippen LogP contribution in [0.25, 0.3) is 6.08 Å². The van der Waals surface area contributed by atoms with Gasteiger partial charge < -0.3 is 5.32 Å². The Bertz CT molecular complexity index is 749. The van der Waals surface area contributed by atoms with Gasteiger partial charge in [0.05, 0.1) is 18.1 Å². The second-order valence-corrected chi connectivity index (χ2v) is 6.21. The third-order valence-corrected chi connectivity index (χ3v) is 4.20. The van der Waals surface area contributed by atoms with Crippen molar-refractivity contribution in [3.05, 3.63) is 54.3 Å². The molecule has 1 aliphatic heterocycles. The Morgan fingerprint density at radius 2 is 1.97 bits per heavy atom. The van der Waals surface area contributed by atoms with Gasteiger partial charge >= 0.3 is 0 Å². The van der Waals surface area contributed by atoms with Gasteiger partial charge in [-0.3, -0.25) is 24.9 Å². The van der Waals surface area contributed by atoms with Crippen LogP contribution in [0.15, 0.2) is 43.0 Å². The van der Waals surface area contributed by atoms with Gasteiger partial charge in [0, 0.05) is 37.6 Å². The Labute approximate surface area is 188 Å². The molecule has 0 bridgehead atoms. The van der Waals surface area contributed by atoms with E-state index in [2.05, 4.69) is 25.2 Å². The number of pyridine rings is 1. The first kappa shape index (κ1) is 27.0. The van der Waals surface area contributed by atoms with E-state index in [0.29, 0.717) is 17.6 Å². The third kappa shape index (κ3) is 8.93. The lowest BCUT2D eigenvalue weighted by Gasteiger charge is -2.33. The van der Waals surface area contributed by atoms with Crippen LogP contribution >= 0.6 is 37.2 Å². The fourth-order valence-corrected chi connectivity index (χ4v) is 2.97. The summed E-state index contributed by atoms with van der Waals surface area (Å²) >= 11 is 0. The largest absolute Gasteiger partial charge is 0.365 e. The smallest absolute Gasteiger partial charge is 0.267 e. The summed E-state index contributed by atoms with van der Waals surface area (Å²) in [4.78, 5) is 26.0. The second kappa shape index (κ2) is 14.1. The van der Waals surface area contributed by atoms with Crippen molar-refractivity contribution in [1.29, 1.82) is 0 Å². The van der Waals surface area contributed by atoms with E-state index in [4.69, 9.17) is 5.21 Å². The second-order valence-electron chi connectivity index (χ2n) is 6.21. The van der Waals surface area contributed by atoms with E-state index in [1.807, 2.05) is 24.5 Å². The maximum atomic E-state index is 11.0. The van der Waals surface area contributed by atoms with Crippen molar-refractivity contribution in [1.82, 2.24) is 25.3 Å². The number of carbonyl (C=O) groups is 1. The zero-order valence-electron chi connectivity index (χ0n) is 15.6. The molecule has 8 nitrogen and oxygen atoms in total. The number of piperidine rings is 1. The highest BCUT2D eigenvalue weighted by Gasteiger charge is 2.20. The molecule has 1 aliphatic rings. The predicted octanol–water partition coefficient (Wildman–Crippen LogP) is 2.73. The van der Waals surface area contributed by atoms with Crippen LogP contribution in [0.2, 0.25) is 0 Å². The predicted molar refractivity (Wildman–Crippen MR) is 119 cm³/mol. The fraction of sp³-hybridized carbons (Fsp3) is 0.333. The van der Waals surface area contributed by atoms with Crippen molar-refractivity contribution in [3.8, 4) is 0 Å². The number of amides is 1. The SMILES string of the molecule is Cl.Cl.Cl.O=C(/C=C/c1cnc(NC2CCCN(Cc3ccncc3)C2)cn1)NO. The van der Waals surface area contributed by atoms with E-state index in [0.717, 1.165) is 32.5 Å². The summed E-state index contributed by atoms with van der Waals surface area (Å²) in [5, 5.41) is 11.9. The van der Waals surface area contributed by atoms with Gasteiger partial charge in [-0.25, -0.2) is 10.5 Å². The van der Waals surface area contributed by atoms with Crippen molar-refractivity contribution in [2.75, 3.05) is 18.4 Å². The van der Waals surface area contributed by atoms with Crippen LogP contribution in [0, 0.1) is 0 Å². The molecule has 1 unspecified atom stereocenters. The molecule has 0 spiro atoms. The Kier molecular flexibility index (Phi) is 13.1. The minimum absolute atomic E-state index is 0. The number of anilines is 1. The van der Waals surface area contributed by atoms with Gasteiger partial charge in [0.1, 0.15) is 5.82 Å². The number of hydroxylamine groups is 1. The van der Waals surface area contributed by atoms with Crippen molar-refractivity contribution in [3.63, 3.8) is 0 Å². The number of rotatable bonds is 6. The molecular weight excluding hydrogens is 439 g/mol. The molecule has 3 N–H and O–H groups in total. The summed E-state index contributed by atoms with van der Waals surface area (Å²) in [6.45, 7) is 2.95. The molecular formula is C18H25Cl3N6O2. The Morgan fingerprint density at radius 3 is 2.62 bits per heavy atom. The number of carbonyl (C=O) groups excluding carboxylic acids is 1. The van der Waals surface area contributed by atoms with Crippen molar-refractivity contribution in [2.45, 2.75) is 25.4 Å².